The maximum atomic E-state index is 4.71. The summed E-state index contributed by atoms with van der Waals surface area (Å²) in [6, 6.07) is 0.331. The molecule has 3 heterocycles. The molecule has 136 valence electrons. The van der Waals surface area contributed by atoms with Crippen LogP contribution in [0.3, 0.4) is 0 Å². The van der Waals surface area contributed by atoms with Gasteiger partial charge in [-0.15, -0.1) is 11.3 Å². The molecule has 0 amide bonds. The molecule has 0 saturated carbocycles. The van der Waals surface area contributed by atoms with Crippen LogP contribution in [0, 0.1) is 6.92 Å². The number of rotatable bonds is 6. The molecule has 0 fully saturated rings. The molecule has 0 saturated heterocycles. The molecule has 25 heavy (non-hydrogen) atoms. The van der Waals surface area contributed by atoms with Crippen molar-refractivity contribution in [2.75, 3.05) is 13.1 Å². The molecule has 7 nitrogen and oxygen atoms in total. The quantitative estimate of drug-likeness (QED) is 0.605. The van der Waals surface area contributed by atoms with Crippen LogP contribution in [0.15, 0.2) is 11.2 Å². The van der Waals surface area contributed by atoms with Crippen LogP contribution in [0.25, 0.3) is 0 Å². The Balaban J connectivity index is 1.55. The van der Waals surface area contributed by atoms with Crippen molar-refractivity contribution in [2.45, 2.75) is 59.0 Å². The summed E-state index contributed by atoms with van der Waals surface area (Å²) in [6.45, 7) is 8.63. The summed E-state index contributed by atoms with van der Waals surface area (Å²) in [4.78, 5) is 15.0. The number of nitrogens with one attached hydrogen (secondary N) is 2. The number of aryl methyl sites for hydroxylation is 3. The maximum absolute atomic E-state index is 4.71. The molecular formula is C17H27N7S. The highest BCUT2D eigenvalue weighted by atomic mass is 32.1. The smallest absolute Gasteiger partial charge is 0.191 e. The lowest BCUT2D eigenvalue weighted by atomic mass is 10.1. The predicted molar refractivity (Wildman–Crippen MR) is 101 cm³/mol. The zero-order chi connectivity index (χ0) is 17.6. The van der Waals surface area contributed by atoms with Crippen LogP contribution in [0.1, 0.15) is 41.8 Å². The molecule has 3 rings (SSSR count). The van der Waals surface area contributed by atoms with Gasteiger partial charge in [-0.25, -0.2) is 14.6 Å². The van der Waals surface area contributed by atoms with Crippen LogP contribution in [0.5, 0.6) is 0 Å². The van der Waals surface area contributed by atoms with Gasteiger partial charge in [-0.1, -0.05) is 6.92 Å². The van der Waals surface area contributed by atoms with Gasteiger partial charge in [0.15, 0.2) is 5.96 Å². The topological polar surface area (TPSA) is 80.0 Å². The van der Waals surface area contributed by atoms with E-state index in [1.165, 1.54) is 4.88 Å². The zero-order valence-corrected chi connectivity index (χ0v) is 16.1. The second-order valence-corrected chi connectivity index (χ2v) is 7.42. The minimum Gasteiger partial charge on any atom is -0.357 e. The monoisotopic (exact) mass is 361 g/mol. The third kappa shape index (κ3) is 4.78. The number of hydrogen-bond donors (Lipinski definition) is 2. The number of thiazole rings is 1. The van der Waals surface area contributed by atoms with E-state index in [0.29, 0.717) is 6.04 Å². The third-order valence-corrected chi connectivity index (χ3v) is 5.40. The van der Waals surface area contributed by atoms with Crippen LogP contribution in [0.2, 0.25) is 0 Å². The van der Waals surface area contributed by atoms with Crippen LogP contribution < -0.4 is 10.6 Å². The first kappa shape index (κ1) is 17.8. The first-order chi connectivity index (χ1) is 12.2. The molecule has 2 aromatic heterocycles. The van der Waals surface area contributed by atoms with Gasteiger partial charge < -0.3 is 10.6 Å². The lowest BCUT2D eigenvalue weighted by Gasteiger charge is -2.25. The van der Waals surface area contributed by atoms with Crippen molar-refractivity contribution >= 4 is 17.3 Å². The summed E-state index contributed by atoms with van der Waals surface area (Å²) in [7, 11) is 0. The van der Waals surface area contributed by atoms with Crippen LogP contribution >= 0.6 is 11.3 Å². The summed E-state index contributed by atoms with van der Waals surface area (Å²) >= 11 is 1.79. The van der Waals surface area contributed by atoms with Crippen molar-refractivity contribution in [1.29, 1.82) is 0 Å². The fraction of sp³-hybridized carbons (Fsp3) is 0.647. The Bertz CT molecular complexity index is 718. The van der Waals surface area contributed by atoms with Crippen LogP contribution in [-0.2, 0) is 25.8 Å². The molecule has 1 unspecified atom stereocenters. The largest absolute Gasteiger partial charge is 0.357 e. The SMILES string of the molecule is CCNC(=NCCc1ncc(CC)s1)NC1CCc2nc(C)nn2C1. The molecular weight excluding hydrogens is 334 g/mol. The highest BCUT2D eigenvalue weighted by molar-refractivity contribution is 7.11. The van der Waals surface area contributed by atoms with Crippen LogP contribution in [-0.4, -0.2) is 44.8 Å². The second kappa shape index (κ2) is 8.42. The summed E-state index contributed by atoms with van der Waals surface area (Å²) < 4.78 is 2.02. The fourth-order valence-corrected chi connectivity index (χ4v) is 3.81. The van der Waals surface area contributed by atoms with Crippen molar-refractivity contribution in [3.63, 3.8) is 0 Å². The summed E-state index contributed by atoms with van der Waals surface area (Å²) in [6.07, 6.45) is 5.92. The van der Waals surface area contributed by atoms with Gasteiger partial charge in [-0.05, 0) is 26.7 Å². The highest BCUT2D eigenvalue weighted by Gasteiger charge is 2.21. The van der Waals surface area contributed by atoms with Gasteiger partial charge in [0.05, 0.1) is 11.6 Å². The number of hydrogen-bond acceptors (Lipinski definition) is 5. The molecule has 1 atom stereocenters. The molecule has 1 aliphatic heterocycles. The first-order valence-corrected chi connectivity index (χ1v) is 9.88. The Morgan fingerprint density at radius 3 is 3.08 bits per heavy atom. The molecule has 0 aliphatic carbocycles. The molecule has 0 bridgehead atoms. The van der Waals surface area contributed by atoms with Crippen molar-refractivity contribution in [2.24, 2.45) is 4.99 Å². The van der Waals surface area contributed by atoms with Crippen molar-refractivity contribution < 1.29 is 0 Å². The zero-order valence-electron chi connectivity index (χ0n) is 15.2. The molecule has 1 aliphatic rings. The predicted octanol–water partition coefficient (Wildman–Crippen LogP) is 1.72. The normalized spacial score (nSPS) is 17.4. The third-order valence-electron chi connectivity index (χ3n) is 4.19. The van der Waals surface area contributed by atoms with Crippen molar-refractivity contribution in [3.05, 3.63) is 27.7 Å². The number of guanidine groups is 1. The molecule has 2 aromatic rings. The van der Waals surface area contributed by atoms with E-state index in [9.17, 15) is 0 Å². The summed E-state index contributed by atoms with van der Waals surface area (Å²) in [5.74, 6) is 2.82. The van der Waals surface area contributed by atoms with Gasteiger partial charge in [0, 0.05) is 43.0 Å². The molecule has 2 N–H and O–H groups in total. The fourth-order valence-electron chi connectivity index (χ4n) is 2.96. The Morgan fingerprint density at radius 1 is 1.44 bits per heavy atom. The Hall–Kier alpha value is -1.96. The Kier molecular flexibility index (Phi) is 6.01. The summed E-state index contributed by atoms with van der Waals surface area (Å²) in [5, 5.41) is 12.5. The van der Waals surface area contributed by atoms with E-state index in [-0.39, 0.29) is 0 Å². The summed E-state index contributed by atoms with van der Waals surface area (Å²) in [5.41, 5.74) is 0. The van der Waals surface area contributed by atoms with Gasteiger partial charge in [-0.3, -0.25) is 4.99 Å². The minimum atomic E-state index is 0.331. The van der Waals surface area contributed by atoms with Crippen molar-refractivity contribution in [1.82, 2.24) is 30.4 Å². The van der Waals surface area contributed by atoms with E-state index < -0.39 is 0 Å². The maximum Gasteiger partial charge on any atom is 0.191 e. The number of aromatic nitrogens is 4. The molecule has 0 aromatic carbocycles. The van der Waals surface area contributed by atoms with E-state index in [1.807, 2.05) is 17.8 Å². The molecule has 0 radical (unpaired) electrons. The van der Waals surface area contributed by atoms with E-state index in [2.05, 4.69) is 39.5 Å². The second-order valence-electron chi connectivity index (χ2n) is 6.22. The van der Waals surface area contributed by atoms with Crippen LogP contribution in [0.4, 0.5) is 0 Å². The Labute approximate surface area is 153 Å². The molecule has 0 spiro atoms. The average molecular weight is 362 g/mol. The van der Waals surface area contributed by atoms with Gasteiger partial charge >= 0.3 is 0 Å². The van der Waals surface area contributed by atoms with E-state index >= 15 is 0 Å². The van der Waals surface area contributed by atoms with E-state index in [0.717, 1.165) is 67.9 Å². The minimum absolute atomic E-state index is 0.331. The van der Waals surface area contributed by atoms with Gasteiger partial charge in [0.1, 0.15) is 11.6 Å². The van der Waals surface area contributed by atoms with Gasteiger partial charge in [0.25, 0.3) is 0 Å². The highest BCUT2D eigenvalue weighted by Crippen LogP contribution is 2.14. The van der Waals surface area contributed by atoms with E-state index in [4.69, 9.17) is 4.99 Å². The first-order valence-electron chi connectivity index (χ1n) is 9.06. The Morgan fingerprint density at radius 2 is 2.32 bits per heavy atom. The number of nitrogens with zero attached hydrogens (tertiary/aromatic N) is 5. The van der Waals surface area contributed by atoms with Crippen molar-refractivity contribution in [3.8, 4) is 0 Å². The number of aliphatic imine (C=N–C) groups is 1. The lowest BCUT2D eigenvalue weighted by molar-refractivity contribution is 0.392. The average Bonchev–Trinajstić information content (AvgIpc) is 3.20. The van der Waals surface area contributed by atoms with Gasteiger partial charge in [-0.2, -0.15) is 5.10 Å². The number of fused-ring (bicyclic) bond motifs is 1. The van der Waals surface area contributed by atoms with E-state index in [1.54, 1.807) is 11.3 Å². The van der Waals surface area contributed by atoms with Gasteiger partial charge in [0.2, 0.25) is 0 Å². The standard InChI is InChI=1S/C17H27N7S/c1-4-14-10-20-16(25-14)8-9-19-17(18-5-2)22-13-6-7-15-21-12(3)23-24(15)11-13/h10,13H,4-9,11H2,1-3H3,(H2,18,19,22). The molecule has 8 heteroatoms. The lowest BCUT2D eigenvalue weighted by Crippen LogP contribution is -2.47.